The number of thiophene rings is 1. The third-order valence-corrected chi connectivity index (χ3v) is 3.97. The first-order chi connectivity index (χ1) is 9.38. The minimum atomic E-state index is -4.67. The predicted octanol–water partition coefficient (Wildman–Crippen LogP) is 4.76. The first kappa shape index (κ1) is 15.0. The fourth-order valence-electron chi connectivity index (χ4n) is 1.81. The number of hydrogen-bond acceptors (Lipinski definition) is 2. The summed E-state index contributed by atoms with van der Waals surface area (Å²) in [5.74, 6) is -1.24. The lowest BCUT2D eigenvalue weighted by atomic mass is 10.1. The van der Waals surface area contributed by atoms with Crippen LogP contribution in [0.5, 0.6) is 0 Å². The highest BCUT2D eigenvalue weighted by Gasteiger charge is 2.34. The van der Waals surface area contributed by atoms with E-state index in [2.05, 4.69) is 5.32 Å². The number of nitrogens with one attached hydrogen (secondary N) is 1. The Morgan fingerprint density at radius 1 is 1.25 bits per heavy atom. The molecule has 6 heteroatoms. The van der Waals surface area contributed by atoms with E-state index in [0.717, 1.165) is 17.0 Å². The molecule has 1 N–H and O–H groups in total. The van der Waals surface area contributed by atoms with E-state index < -0.39 is 17.6 Å². The Balaban J connectivity index is 2.07. The van der Waals surface area contributed by atoms with Gasteiger partial charge < -0.3 is 5.32 Å². The van der Waals surface area contributed by atoms with Crippen LogP contribution in [-0.4, -0.2) is 0 Å². The molecule has 0 unspecified atom stereocenters. The van der Waals surface area contributed by atoms with E-state index in [1.54, 1.807) is 11.3 Å². The topological polar surface area (TPSA) is 12.0 Å². The minimum absolute atomic E-state index is 0.0365. The Labute approximate surface area is 118 Å². The average molecular weight is 303 g/mol. The number of benzene rings is 1. The molecule has 20 heavy (non-hydrogen) atoms. The van der Waals surface area contributed by atoms with Crippen molar-refractivity contribution >= 4 is 11.3 Å². The average Bonchev–Trinajstić information content (AvgIpc) is 2.90. The van der Waals surface area contributed by atoms with E-state index in [9.17, 15) is 17.6 Å². The summed E-state index contributed by atoms with van der Waals surface area (Å²) in [4.78, 5) is 1.10. The molecule has 0 radical (unpaired) electrons. The lowest BCUT2D eigenvalue weighted by molar-refractivity contribution is -0.140. The molecule has 0 aliphatic rings. The van der Waals surface area contributed by atoms with Crippen LogP contribution in [0.4, 0.5) is 17.6 Å². The van der Waals surface area contributed by atoms with Crippen molar-refractivity contribution in [3.05, 3.63) is 57.5 Å². The molecule has 2 aromatic rings. The summed E-state index contributed by atoms with van der Waals surface area (Å²) in [7, 11) is 0. The second kappa shape index (κ2) is 5.93. The molecule has 1 aromatic carbocycles. The van der Waals surface area contributed by atoms with Gasteiger partial charge in [0.05, 0.1) is 5.56 Å². The predicted molar refractivity (Wildman–Crippen MR) is 71.0 cm³/mol. The quantitative estimate of drug-likeness (QED) is 0.803. The fourth-order valence-corrected chi connectivity index (χ4v) is 2.57. The third-order valence-electron chi connectivity index (χ3n) is 2.92. The normalized spacial score (nSPS) is 13.4. The van der Waals surface area contributed by atoms with Crippen molar-refractivity contribution in [3.63, 3.8) is 0 Å². The van der Waals surface area contributed by atoms with Crippen molar-refractivity contribution in [2.75, 3.05) is 0 Å². The van der Waals surface area contributed by atoms with Crippen LogP contribution in [0.2, 0.25) is 0 Å². The van der Waals surface area contributed by atoms with Crippen molar-refractivity contribution in [1.82, 2.24) is 5.32 Å². The van der Waals surface area contributed by atoms with Crippen LogP contribution in [0.25, 0.3) is 0 Å². The second-order valence-corrected chi connectivity index (χ2v) is 5.41. The summed E-state index contributed by atoms with van der Waals surface area (Å²) in [6.45, 7) is 2.18. The van der Waals surface area contributed by atoms with Crippen molar-refractivity contribution in [1.29, 1.82) is 0 Å². The van der Waals surface area contributed by atoms with Gasteiger partial charge in [-0.05, 0) is 36.1 Å². The van der Waals surface area contributed by atoms with Crippen molar-refractivity contribution < 1.29 is 17.6 Å². The van der Waals surface area contributed by atoms with Gasteiger partial charge in [-0.25, -0.2) is 4.39 Å². The summed E-state index contributed by atoms with van der Waals surface area (Å²) in [6.07, 6.45) is -4.67. The molecule has 0 fully saturated rings. The molecule has 0 bridgehead atoms. The van der Waals surface area contributed by atoms with Crippen LogP contribution in [-0.2, 0) is 12.7 Å². The minimum Gasteiger partial charge on any atom is -0.305 e. The van der Waals surface area contributed by atoms with Crippen LogP contribution in [0.3, 0.4) is 0 Å². The van der Waals surface area contributed by atoms with Gasteiger partial charge in [0, 0.05) is 17.5 Å². The van der Waals surface area contributed by atoms with Crippen LogP contribution in [0.1, 0.15) is 29.0 Å². The lowest BCUT2D eigenvalue weighted by Gasteiger charge is -2.14. The first-order valence-corrected chi connectivity index (χ1v) is 6.88. The molecular formula is C14H13F4NS. The van der Waals surface area contributed by atoms with Gasteiger partial charge in [0.2, 0.25) is 0 Å². The van der Waals surface area contributed by atoms with Gasteiger partial charge in [0.1, 0.15) is 5.82 Å². The van der Waals surface area contributed by atoms with Gasteiger partial charge in [0.25, 0.3) is 0 Å². The van der Waals surface area contributed by atoms with Gasteiger partial charge >= 0.3 is 6.18 Å². The Morgan fingerprint density at radius 3 is 2.60 bits per heavy atom. The zero-order chi connectivity index (χ0) is 14.8. The zero-order valence-electron chi connectivity index (χ0n) is 10.7. The third kappa shape index (κ3) is 3.58. The van der Waals surface area contributed by atoms with E-state index in [1.165, 1.54) is 6.07 Å². The highest BCUT2D eigenvalue weighted by Crippen LogP contribution is 2.32. The van der Waals surface area contributed by atoms with Crippen molar-refractivity contribution in [2.24, 2.45) is 0 Å². The number of hydrogen-bond donors (Lipinski definition) is 1. The maximum atomic E-state index is 13.1. The van der Waals surface area contributed by atoms with E-state index in [4.69, 9.17) is 0 Å². The number of rotatable bonds is 4. The maximum Gasteiger partial charge on any atom is 0.419 e. The van der Waals surface area contributed by atoms with Gasteiger partial charge in [-0.3, -0.25) is 0 Å². The van der Waals surface area contributed by atoms with E-state index in [-0.39, 0.29) is 12.6 Å². The number of halogens is 4. The largest absolute Gasteiger partial charge is 0.419 e. The summed E-state index contributed by atoms with van der Waals surface area (Å²) in [6, 6.07) is 6.97. The molecule has 1 nitrogen and oxygen atoms in total. The summed E-state index contributed by atoms with van der Waals surface area (Å²) < 4.78 is 50.9. The Kier molecular flexibility index (Phi) is 4.45. The molecule has 1 atom stereocenters. The van der Waals surface area contributed by atoms with Crippen LogP contribution < -0.4 is 5.32 Å². The Hall–Kier alpha value is -1.40. The second-order valence-electron chi connectivity index (χ2n) is 4.43. The molecule has 0 spiro atoms. The van der Waals surface area contributed by atoms with Crippen molar-refractivity contribution in [3.8, 4) is 0 Å². The highest BCUT2D eigenvalue weighted by molar-refractivity contribution is 7.10. The van der Waals surface area contributed by atoms with Gasteiger partial charge in [0.15, 0.2) is 0 Å². The molecule has 1 heterocycles. The number of alkyl halides is 3. The molecular weight excluding hydrogens is 290 g/mol. The van der Waals surface area contributed by atoms with E-state index in [1.807, 2.05) is 24.4 Å². The molecule has 108 valence electrons. The summed E-state index contributed by atoms with van der Waals surface area (Å²) >= 11 is 1.57. The fraction of sp³-hybridized carbons (Fsp3) is 0.286. The molecule has 2 rings (SSSR count). The molecule has 0 aliphatic carbocycles. The zero-order valence-corrected chi connectivity index (χ0v) is 11.5. The smallest absolute Gasteiger partial charge is 0.305 e. The standard InChI is InChI=1S/C14H13F4NS/c1-9(13-3-2-6-20-13)19-8-10-4-5-12(15)11(7-10)14(16,17)18/h2-7,9,19H,8H2,1H3/t9-/m1/s1. The molecule has 0 saturated heterocycles. The SMILES string of the molecule is C[C@@H](NCc1ccc(F)c(C(F)(F)F)c1)c1cccs1. The monoisotopic (exact) mass is 303 g/mol. The Bertz CT molecular complexity index is 563. The van der Waals surface area contributed by atoms with Crippen molar-refractivity contribution in [2.45, 2.75) is 25.7 Å². The molecule has 0 saturated carbocycles. The van der Waals surface area contributed by atoms with E-state index >= 15 is 0 Å². The van der Waals surface area contributed by atoms with Gasteiger partial charge in [-0.2, -0.15) is 13.2 Å². The van der Waals surface area contributed by atoms with Gasteiger partial charge in [-0.15, -0.1) is 11.3 Å². The summed E-state index contributed by atoms with van der Waals surface area (Å²) in [5, 5.41) is 5.06. The molecule has 0 amide bonds. The lowest BCUT2D eigenvalue weighted by Crippen LogP contribution is -2.18. The van der Waals surface area contributed by atoms with Gasteiger partial charge in [-0.1, -0.05) is 12.1 Å². The highest BCUT2D eigenvalue weighted by atomic mass is 32.1. The molecule has 1 aromatic heterocycles. The Morgan fingerprint density at radius 2 is 2.00 bits per heavy atom. The van der Waals surface area contributed by atoms with Crippen LogP contribution in [0, 0.1) is 5.82 Å². The molecule has 0 aliphatic heterocycles. The van der Waals surface area contributed by atoms with Crippen LogP contribution >= 0.6 is 11.3 Å². The van der Waals surface area contributed by atoms with E-state index in [0.29, 0.717) is 5.56 Å². The first-order valence-electron chi connectivity index (χ1n) is 6.00. The maximum absolute atomic E-state index is 13.1. The summed E-state index contributed by atoms with van der Waals surface area (Å²) in [5.41, 5.74) is -0.817. The van der Waals surface area contributed by atoms with Crippen LogP contribution in [0.15, 0.2) is 35.7 Å².